The first kappa shape index (κ1) is 18.6. The summed E-state index contributed by atoms with van der Waals surface area (Å²) >= 11 is 0. The van der Waals surface area contributed by atoms with Crippen LogP contribution in [0.4, 0.5) is 10.1 Å². The van der Waals surface area contributed by atoms with Crippen molar-refractivity contribution in [3.05, 3.63) is 65.5 Å². The largest absolute Gasteiger partial charge is 0.481 e. The van der Waals surface area contributed by atoms with Gasteiger partial charge >= 0.3 is 5.97 Å². The van der Waals surface area contributed by atoms with Crippen LogP contribution in [0.2, 0.25) is 0 Å². The Morgan fingerprint density at radius 3 is 2.56 bits per heavy atom. The summed E-state index contributed by atoms with van der Waals surface area (Å²) in [5, 5.41) is 11.6. The Balaban J connectivity index is 1.87. The fraction of sp³-hybridized carbons (Fsp3) is 0.300. The van der Waals surface area contributed by atoms with E-state index < -0.39 is 5.97 Å². The van der Waals surface area contributed by atoms with Gasteiger partial charge in [0.15, 0.2) is 0 Å². The predicted molar refractivity (Wildman–Crippen MR) is 94.9 cm³/mol. The molecule has 1 amide bonds. The number of aryl methyl sites for hydroxylation is 1. The number of carbonyl (C=O) groups excluding carboxylic acids is 1. The lowest BCUT2D eigenvalue weighted by Crippen LogP contribution is -2.16. The van der Waals surface area contributed by atoms with E-state index in [1.807, 2.05) is 19.1 Å². The van der Waals surface area contributed by atoms with Gasteiger partial charge in [0.05, 0.1) is 0 Å². The van der Waals surface area contributed by atoms with Crippen molar-refractivity contribution in [1.82, 2.24) is 0 Å². The average molecular weight is 343 g/mol. The number of aliphatic carboxylic acids is 1. The van der Waals surface area contributed by atoms with Gasteiger partial charge in [-0.2, -0.15) is 0 Å². The molecule has 132 valence electrons. The molecule has 1 atom stereocenters. The van der Waals surface area contributed by atoms with Gasteiger partial charge in [0, 0.05) is 18.5 Å². The topological polar surface area (TPSA) is 66.4 Å². The molecule has 5 heteroatoms. The first-order valence-corrected chi connectivity index (χ1v) is 8.27. The van der Waals surface area contributed by atoms with E-state index in [1.165, 1.54) is 12.1 Å². The maximum Gasteiger partial charge on any atom is 0.303 e. The molecule has 0 spiro atoms. The van der Waals surface area contributed by atoms with Gasteiger partial charge in [-0.15, -0.1) is 0 Å². The van der Waals surface area contributed by atoms with E-state index in [0.29, 0.717) is 24.9 Å². The molecular weight excluding hydrogens is 321 g/mol. The van der Waals surface area contributed by atoms with Crippen LogP contribution in [0.15, 0.2) is 48.5 Å². The minimum absolute atomic E-state index is 0.0576. The Bertz CT molecular complexity index is 745. The number of anilines is 1. The summed E-state index contributed by atoms with van der Waals surface area (Å²) in [5.41, 5.74) is 2.40. The molecule has 2 aromatic carbocycles. The van der Waals surface area contributed by atoms with Gasteiger partial charge < -0.3 is 10.4 Å². The summed E-state index contributed by atoms with van der Waals surface area (Å²) in [6.45, 7) is 1.95. The molecule has 0 saturated carbocycles. The van der Waals surface area contributed by atoms with E-state index in [4.69, 9.17) is 5.11 Å². The molecule has 0 fully saturated rings. The molecule has 4 nitrogen and oxygen atoms in total. The maximum atomic E-state index is 13.2. The van der Waals surface area contributed by atoms with Gasteiger partial charge in [-0.05, 0) is 54.2 Å². The first-order valence-electron chi connectivity index (χ1n) is 8.27. The Labute approximate surface area is 146 Å². The number of hydrogen-bond acceptors (Lipinski definition) is 2. The van der Waals surface area contributed by atoms with E-state index in [9.17, 15) is 14.0 Å². The number of carbonyl (C=O) groups is 2. The molecule has 0 radical (unpaired) electrons. The predicted octanol–water partition coefficient (Wildman–Crippen LogP) is 4.05. The normalized spacial score (nSPS) is 11.8. The van der Waals surface area contributed by atoms with Crippen LogP contribution in [0, 0.1) is 11.7 Å². The molecule has 25 heavy (non-hydrogen) atoms. The third-order valence-corrected chi connectivity index (χ3v) is 3.85. The number of carboxylic acids is 1. The number of benzene rings is 2. The molecule has 0 bridgehead atoms. The highest BCUT2D eigenvalue weighted by atomic mass is 19.1. The quantitative estimate of drug-likeness (QED) is 0.760. The van der Waals surface area contributed by atoms with Crippen LogP contribution in [-0.2, 0) is 22.4 Å². The molecule has 0 aliphatic heterocycles. The highest BCUT2D eigenvalue weighted by Crippen LogP contribution is 2.16. The molecule has 0 aromatic heterocycles. The fourth-order valence-corrected chi connectivity index (χ4v) is 2.72. The Morgan fingerprint density at radius 2 is 1.84 bits per heavy atom. The highest BCUT2D eigenvalue weighted by Gasteiger charge is 2.11. The molecule has 0 heterocycles. The molecule has 0 aliphatic carbocycles. The molecule has 2 aromatic rings. The van der Waals surface area contributed by atoms with E-state index in [2.05, 4.69) is 5.32 Å². The lowest BCUT2D eigenvalue weighted by Gasteiger charge is -2.12. The van der Waals surface area contributed by atoms with Crippen molar-refractivity contribution in [2.24, 2.45) is 5.92 Å². The molecule has 0 aliphatic rings. The SMILES string of the molecule is CC(CC(=O)Nc1cccc(CCC(=O)O)c1)Cc1cccc(F)c1. The van der Waals surface area contributed by atoms with Crippen LogP contribution in [0.1, 0.15) is 30.9 Å². The first-order chi connectivity index (χ1) is 11.9. The van der Waals surface area contributed by atoms with E-state index in [1.54, 1.807) is 24.3 Å². The zero-order valence-corrected chi connectivity index (χ0v) is 14.2. The molecule has 1 unspecified atom stereocenters. The van der Waals surface area contributed by atoms with Gasteiger partial charge in [-0.1, -0.05) is 31.2 Å². The van der Waals surface area contributed by atoms with Crippen LogP contribution >= 0.6 is 0 Å². The van der Waals surface area contributed by atoms with Crippen LogP contribution in [0.5, 0.6) is 0 Å². The number of rotatable bonds is 8. The summed E-state index contributed by atoms with van der Waals surface area (Å²) in [5.74, 6) is -1.15. The minimum Gasteiger partial charge on any atom is -0.481 e. The van der Waals surface area contributed by atoms with Gasteiger partial charge in [-0.25, -0.2) is 4.39 Å². The smallest absolute Gasteiger partial charge is 0.303 e. The van der Waals surface area contributed by atoms with Crippen molar-refractivity contribution in [2.75, 3.05) is 5.32 Å². The Morgan fingerprint density at radius 1 is 1.12 bits per heavy atom. The molecule has 2 rings (SSSR count). The summed E-state index contributed by atoms with van der Waals surface area (Å²) in [4.78, 5) is 22.8. The second-order valence-electron chi connectivity index (χ2n) is 6.29. The number of amides is 1. The highest BCUT2D eigenvalue weighted by molar-refractivity contribution is 5.90. The van der Waals surface area contributed by atoms with Crippen LogP contribution < -0.4 is 5.32 Å². The molecular formula is C20H22FNO3. The third-order valence-electron chi connectivity index (χ3n) is 3.85. The van der Waals surface area contributed by atoms with Gasteiger partial charge in [0.2, 0.25) is 5.91 Å². The van der Waals surface area contributed by atoms with Crippen molar-refractivity contribution in [3.63, 3.8) is 0 Å². The maximum absolute atomic E-state index is 13.2. The van der Waals surface area contributed by atoms with E-state index >= 15 is 0 Å². The van der Waals surface area contributed by atoms with E-state index in [0.717, 1.165) is 11.1 Å². The Hall–Kier alpha value is -2.69. The van der Waals surface area contributed by atoms with Crippen LogP contribution in [0.25, 0.3) is 0 Å². The minimum atomic E-state index is -0.847. The van der Waals surface area contributed by atoms with Crippen molar-refractivity contribution in [1.29, 1.82) is 0 Å². The van der Waals surface area contributed by atoms with Crippen molar-refractivity contribution < 1.29 is 19.1 Å². The standard InChI is InChI=1S/C20H22FNO3/c1-14(10-16-5-2-6-17(21)12-16)11-19(23)22-18-7-3-4-15(13-18)8-9-20(24)25/h2-7,12-14H,8-11H2,1H3,(H,22,23)(H,24,25). The van der Waals surface area contributed by atoms with Crippen LogP contribution in [0.3, 0.4) is 0 Å². The monoisotopic (exact) mass is 343 g/mol. The van der Waals surface area contributed by atoms with Crippen molar-refractivity contribution >= 4 is 17.6 Å². The summed E-state index contributed by atoms with van der Waals surface area (Å²) in [7, 11) is 0. The van der Waals surface area contributed by atoms with Crippen molar-refractivity contribution in [3.8, 4) is 0 Å². The zero-order chi connectivity index (χ0) is 18.2. The number of carboxylic acid groups (broad SMARTS) is 1. The summed E-state index contributed by atoms with van der Waals surface area (Å²) in [6.07, 6.45) is 1.44. The zero-order valence-electron chi connectivity index (χ0n) is 14.2. The summed E-state index contributed by atoms with van der Waals surface area (Å²) < 4.78 is 13.2. The average Bonchev–Trinajstić information content (AvgIpc) is 2.53. The Kier molecular flexibility index (Phi) is 6.69. The number of nitrogens with one attached hydrogen (secondary N) is 1. The lowest BCUT2D eigenvalue weighted by molar-refractivity contribution is -0.137. The second kappa shape index (κ2) is 8.97. The lowest BCUT2D eigenvalue weighted by atomic mass is 9.97. The third kappa shape index (κ3) is 6.75. The molecule has 0 saturated heterocycles. The summed E-state index contributed by atoms with van der Waals surface area (Å²) in [6, 6.07) is 13.6. The fourth-order valence-electron chi connectivity index (χ4n) is 2.72. The number of halogens is 1. The molecule has 2 N–H and O–H groups in total. The van der Waals surface area contributed by atoms with Gasteiger partial charge in [0.1, 0.15) is 5.82 Å². The number of hydrogen-bond donors (Lipinski definition) is 2. The van der Waals surface area contributed by atoms with Crippen molar-refractivity contribution in [2.45, 2.75) is 32.6 Å². The second-order valence-corrected chi connectivity index (χ2v) is 6.29. The van der Waals surface area contributed by atoms with Gasteiger partial charge in [0.25, 0.3) is 0 Å². The van der Waals surface area contributed by atoms with E-state index in [-0.39, 0.29) is 24.1 Å². The van der Waals surface area contributed by atoms with Crippen LogP contribution in [-0.4, -0.2) is 17.0 Å². The van der Waals surface area contributed by atoms with Gasteiger partial charge in [-0.3, -0.25) is 9.59 Å².